The van der Waals surface area contributed by atoms with Crippen molar-refractivity contribution in [1.29, 1.82) is 0 Å². The number of rotatable bonds is 4. The first-order valence-electron chi connectivity index (χ1n) is 6.47. The van der Waals surface area contributed by atoms with Crippen molar-refractivity contribution in [2.45, 2.75) is 18.4 Å². The Morgan fingerprint density at radius 3 is 1.75 bits per heavy atom. The molecule has 0 heterocycles. The average Bonchev–Trinajstić information content (AvgIpc) is 2.54. The largest absolute Gasteiger partial charge is 0.467 e. The monoisotopic (exact) mass is 270 g/mol. The Balaban J connectivity index is 2.58. The van der Waals surface area contributed by atoms with Gasteiger partial charge >= 0.3 is 5.97 Å². The van der Waals surface area contributed by atoms with E-state index in [0.717, 1.165) is 11.1 Å². The number of aliphatic hydroxyl groups is 1. The standard InChI is InChI=1S/C17H18O3/c1-17(15(18)16(19)20-2,13-9-5-3-6-10-13)14-11-7-4-8-12-14/h3-12,15,18H,1-2H3. The first-order valence-corrected chi connectivity index (χ1v) is 6.47. The van der Waals surface area contributed by atoms with Crippen LogP contribution in [0, 0.1) is 0 Å². The lowest BCUT2D eigenvalue weighted by Crippen LogP contribution is -2.43. The van der Waals surface area contributed by atoms with Crippen molar-refractivity contribution in [2.24, 2.45) is 0 Å². The number of hydrogen-bond donors (Lipinski definition) is 1. The van der Waals surface area contributed by atoms with Crippen LogP contribution < -0.4 is 0 Å². The van der Waals surface area contributed by atoms with Gasteiger partial charge in [0.2, 0.25) is 0 Å². The fourth-order valence-electron chi connectivity index (χ4n) is 2.40. The molecule has 0 spiro atoms. The minimum absolute atomic E-state index is 0.639. The first-order chi connectivity index (χ1) is 9.60. The SMILES string of the molecule is COC(=O)C(O)C(C)(c1ccccc1)c1ccccc1. The Kier molecular flexibility index (Phi) is 4.20. The topological polar surface area (TPSA) is 46.5 Å². The number of aliphatic hydroxyl groups excluding tert-OH is 1. The van der Waals surface area contributed by atoms with Gasteiger partial charge in [-0.2, -0.15) is 0 Å². The molecule has 1 N–H and O–H groups in total. The molecule has 1 atom stereocenters. The van der Waals surface area contributed by atoms with Gasteiger partial charge in [0.05, 0.1) is 12.5 Å². The van der Waals surface area contributed by atoms with Crippen LogP contribution in [0.5, 0.6) is 0 Å². The first kappa shape index (κ1) is 14.3. The zero-order chi connectivity index (χ0) is 14.6. The lowest BCUT2D eigenvalue weighted by atomic mass is 9.72. The number of hydrogen-bond acceptors (Lipinski definition) is 3. The van der Waals surface area contributed by atoms with Crippen molar-refractivity contribution in [3.8, 4) is 0 Å². The number of carbonyl (C=O) groups is 1. The summed E-state index contributed by atoms with van der Waals surface area (Å²) in [5, 5.41) is 10.5. The van der Waals surface area contributed by atoms with Crippen LogP contribution in [0.15, 0.2) is 60.7 Å². The van der Waals surface area contributed by atoms with Crippen molar-refractivity contribution in [3.63, 3.8) is 0 Å². The molecule has 2 aromatic carbocycles. The van der Waals surface area contributed by atoms with Crippen molar-refractivity contribution in [2.75, 3.05) is 7.11 Å². The van der Waals surface area contributed by atoms with Crippen molar-refractivity contribution < 1.29 is 14.6 Å². The molecule has 0 amide bonds. The quantitative estimate of drug-likeness (QED) is 0.868. The van der Waals surface area contributed by atoms with E-state index >= 15 is 0 Å². The maximum atomic E-state index is 11.8. The molecule has 0 aliphatic carbocycles. The maximum absolute atomic E-state index is 11.8. The molecule has 0 bridgehead atoms. The molecular formula is C17H18O3. The number of methoxy groups -OCH3 is 1. The van der Waals surface area contributed by atoms with E-state index in [-0.39, 0.29) is 0 Å². The third-order valence-corrected chi connectivity index (χ3v) is 3.72. The summed E-state index contributed by atoms with van der Waals surface area (Å²) < 4.78 is 4.71. The van der Waals surface area contributed by atoms with E-state index < -0.39 is 17.5 Å². The molecule has 0 aliphatic heterocycles. The van der Waals surface area contributed by atoms with Gasteiger partial charge in [-0.3, -0.25) is 0 Å². The third kappa shape index (κ3) is 2.45. The second kappa shape index (κ2) is 5.88. The van der Waals surface area contributed by atoms with Crippen molar-refractivity contribution >= 4 is 5.97 Å². The molecule has 0 aliphatic rings. The molecular weight excluding hydrogens is 252 g/mol. The van der Waals surface area contributed by atoms with E-state index in [1.165, 1.54) is 7.11 Å². The number of benzene rings is 2. The highest BCUT2D eigenvalue weighted by molar-refractivity contribution is 5.78. The molecule has 2 rings (SSSR count). The normalized spacial score (nSPS) is 12.8. The minimum atomic E-state index is -1.27. The average molecular weight is 270 g/mol. The van der Waals surface area contributed by atoms with Crippen LogP contribution in [0.4, 0.5) is 0 Å². The molecule has 2 aromatic rings. The zero-order valence-corrected chi connectivity index (χ0v) is 11.6. The van der Waals surface area contributed by atoms with Crippen LogP contribution in [-0.4, -0.2) is 24.3 Å². The van der Waals surface area contributed by atoms with Gasteiger partial charge in [-0.1, -0.05) is 60.7 Å². The second-order valence-corrected chi connectivity index (χ2v) is 4.86. The summed E-state index contributed by atoms with van der Waals surface area (Å²) in [5.41, 5.74) is 0.878. The summed E-state index contributed by atoms with van der Waals surface area (Å²) >= 11 is 0. The summed E-state index contributed by atoms with van der Waals surface area (Å²) in [6.07, 6.45) is -1.27. The maximum Gasteiger partial charge on any atom is 0.335 e. The Labute approximate surface area is 118 Å². The molecule has 0 saturated heterocycles. The minimum Gasteiger partial charge on any atom is -0.467 e. The van der Waals surface area contributed by atoms with E-state index in [1.54, 1.807) is 0 Å². The molecule has 20 heavy (non-hydrogen) atoms. The molecule has 0 saturated carbocycles. The van der Waals surface area contributed by atoms with Crippen LogP contribution in [0.1, 0.15) is 18.1 Å². The van der Waals surface area contributed by atoms with Gasteiger partial charge < -0.3 is 9.84 Å². The summed E-state index contributed by atoms with van der Waals surface area (Å²) in [4.78, 5) is 11.8. The van der Waals surface area contributed by atoms with Crippen LogP contribution >= 0.6 is 0 Å². The van der Waals surface area contributed by atoms with Gasteiger partial charge in [-0.15, -0.1) is 0 Å². The van der Waals surface area contributed by atoms with E-state index in [4.69, 9.17) is 4.74 Å². The van der Waals surface area contributed by atoms with Gasteiger partial charge in [0.15, 0.2) is 6.10 Å². The molecule has 3 heteroatoms. The second-order valence-electron chi connectivity index (χ2n) is 4.86. The van der Waals surface area contributed by atoms with Crippen molar-refractivity contribution in [3.05, 3.63) is 71.8 Å². The van der Waals surface area contributed by atoms with E-state index in [9.17, 15) is 9.90 Å². The fraction of sp³-hybridized carbons (Fsp3) is 0.235. The van der Waals surface area contributed by atoms with Gasteiger partial charge in [0.25, 0.3) is 0 Å². The lowest BCUT2D eigenvalue weighted by molar-refractivity contribution is -0.153. The third-order valence-electron chi connectivity index (χ3n) is 3.72. The number of esters is 1. The summed E-state index contributed by atoms with van der Waals surface area (Å²) in [5.74, 6) is -0.639. The Morgan fingerprint density at radius 2 is 1.40 bits per heavy atom. The molecule has 0 radical (unpaired) electrons. The van der Waals surface area contributed by atoms with E-state index in [1.807, 2.05) is 67.6 Å². The fourth-order valence-corrected chi connectivity index (χ4v) is 2.40. The predicted octanol–water partition coefficient (Wildman–Crippen LogP) is 2.53. The lowest BCUT2D eigenvalue weighted by Gasteiger charge is -2.34. The predicted molar refractivity (Wildman–Crippen MR) is 77.4 cm³/mol. The van der Waals surface area contributed by atoms with Gasteiger partial charge in [-0.25, -0.2) is 4.79 Å². The van der Waals surface area contributed by atoms with Gasteiger partial charge in [-0.05, 0) is 18.1 Å². The van der Waals surface area contributed by atoms with Crippen LogP contribution in [-0.2, 0) is 14.9 Å². The van der Waals surface area contributed by atoms with Gasteiger partial charge in [0.1, 0.15) is 0 Å². The van der Waals surface area contributed by atoms with Crippen LogP contribution in [0.25, 0.3) is 0 Å². The summed E-state index contributed by atoms with van der Waals surface area (Å²) in [7, 11) is 1.28. The van der Waals surface area contributed by atoms with E-state index in [0.29, 0.717) is 0 Å². The highest BCUT2D eigenvalue weighted by Crippen LogP contribution is 2.35. The highest BCUT2D eigenvalue weighted by Gasteiger charge is 2.41. The molecule has 0 aromatic heterocycles. The van der Waals surface area contributed by atoms with E-state index in [2.05, 4.69) is 0 Å². The Hall–Kier alpha value is -2.13. The smallest absolute Gasteiger partial charge is 0.335 e. The van der Waals surface area contributed by atoms with Crippen LogP contribution in [0.3, 0.4) is 0 Å². The van der Waals surface area contributed by atoms with Gasteiger partial charge in [0, 0.05) is 0 Å². The molecule has 3 nitrogen and oxygen atoms in total. The number of ether oxygens (including phenoxy) is 1. The highest BCUT2D eigenvalue weighted by atomic mass is 16.5. The summed E-state index contributed by atoms with van der Waals surface area (Å²) in [6.45, 7) is 1.85. The molecule has 0 fully saturated rings. The number of carbonyl (C=O) groups excluding carboxylic acids is 1. The Morgan fingerprint density at radius 1 is 1.00 bits per heavy atom. The van der Waals surface area contributed by atoms with Crippen molar-refractivity contribution in [1.82, 2.24) is 0 Å². The van der Waals surface area contributed by atoms with Crippen LogP contribution in [0.2, 0.25) is 0 Å². The molecule has 104 valence electrons. The Bertz CT molecular complexity index is 524. The molecule has 1 unspecified atom stereocenters. The zero-order valence-electron chi connectivity index (χ0n) is 11.6. The summed E-state index contributed by atoms with van der Waals surface area (Å²) in [6, 6.07) is 19.0.